The van der Waals surface area contributed by atoms with Gasteiger partial charge in [-0.25, -0.2) is 4.79 Å². The standard InChI is InChI=1S/C10H13NO5S2/c1-4(13)5-7(14)11-6(9(15)16)10(17-3-2-12)18-8(5)11/h4-5,8,12-13H,2-3H2,1H3,(H,15,16)/t4?,5-,8+/m0/s1. The lowest BCUT2D eigenvalue weighted by atomic mass is 9.92. The van der Waals surface area contributed by atoms with Crippen molar-refractivity contribution < 1.29 is 24.9 Å². The van der Waals surface area contributed by atoms with Gasteiger partial charge in [0.1, 0.15) is 5.37 Å². The van der Waals surface area contributed by atoms with Crippen molar-refractivity contribution in [2.45, 2.75) is 18.4 Å². The number of carboxylic acids is 1. The van der Waals surface area contributed by atoms with Crippen molar-refractivity contribution in [1.82, 2.24) is 4.90 Å². The second-order valence-corrected chi connectivity index (χ2v) is 6.49. The minimum Gasteiger partial charge on any atom is -0.477 e. The van der Waals surface area contributed by atoms with Crippen molar-refractivity contribution in [2.24, 2.45) is 5.92 Å². The van der Waals surface area contributed by atoms with E-state index in [0.29, 0.717) is 9.99 Å². The highest BCUT2D eigenvalue weighted by atomic mass is 32.2. The van der Waals surface area contributed by atoms with Crippen LogP contribution in [0, 0.1) is 5.92 Å². The molecule has 1 fully saturated rings. The van der Waals surface area contributed by atoms with E-state index >= 15 is 0 Å². The molecule has 100 valence electrons. The Labute approximate surface area is 112 Å². The average molecular weight is 291 g/mol. The number of rotatable bonds is 5. The Balaban J connectivity index is 2.21. The molecule has 1 saturated heterocycles. The first-order valence-electron chi connectivity index (χ1n) is 5.38. The fourth-order valence-corrected chi connectivity index (χ4v) is 4.73. The van der Waals surface area contributed by atoms with Crippen LogP contribution < -0.4 is 0 Å². The quantitative estimate of drug-likeness (QED) is 0.607. The highest BCUT2D eigenvalue weighted by molar-refractivity contribution is 8.22. The molecule has 0 aromatic heterocycles. The highest BCUT2D eigenvalue weighted by Gasteiger charge is 2.57. The summed E-state index contributed by atoms with van der Waals surface area (Å²) in [5, 5.41) is 27.1. The van der Waals surface area contributed by atoms with E-state index < -0.39 is 18.0 Å². The molecular formula is C10H13NO5S2. The van der Waals surface area contributed by atoms with Crippen molar-refractivity contribution in [1.29, 1.82) is 0 Å². The van der Waals surface area contributed by atoms with Gasteiger partial charge in [0.15, 0.2) is 5.70 Å². The van der Waals surface area contributed by atoms with Gasteiger partial charge in [-0.1, -0.05) is 11.8 Å². The molecule has 2 aliphatic rings. The third-order valence-corrected chi connectivity index (χ3v) is 5.43. The van der Waals surface area contributed by atoms with Crippen LogP contribution in [0.2, 0.25) is 0 Å². The van der Waals surface area contributed by atoms with Gasteiger partial charge in [-0.05, 0) is 6.92 Å². The summed E-state index contributed by atoms with van der Waals surface area (Å²) in [7, 11) is 0. The summed E-state index contributed by atoms with van der Waals surface area (Å²) < 4.78 is 0.526. The van der Waals surface area contributed by atoms with Gasteiger partial charge in [0, 0.05) is 5.75 Å². The predicted octanol–water partition coefficient (Wildman–Crippen LogP) is -0.122. The molecule has 3 atom stereocenters. The third kappa shape index (κ3) is 2.03. The summed E-state index contributed by atoms with van der Waals surface area (Å²) >= 11 is 2.49. The molecule has 0 aromatic rings. The molecule has 0 radical (unpaired) electrons. The zero-order valence-corrected chi connectivity index (χ0v) is 11.2. The molecule has 0 saturated carbocycles. The molecule has 3 N–H and O–H groups in total. The fourth-order valence-electron chi connectivity index (χ4n) is 1.99. The van der Waals surface area contributed by atoms with Crippen LogP contribution in [0.4, 0.5) is 0 Å². The number of aliphatic carboxylic acids is 1. The molecule has 2 heterocycles. The Morgan fingerprint density at radius 1 is 1.61 bits per heavy atom. The van der Waals surface area contributed by atoms with Crippen molar-refractivity contribution in [2.75, 3.05) is 12.4 Å². The third-order valence-electron chi connectivity index (χ3n) is 2.79. The molecule has 0 bridgehead atoms. The van der Waals surface area contributed by atoms with E-state index in [1.807, 2.05) is 0 Å². The molecule has 2 aliphatic heterocycles. The lowest BCUT2D eigenvalue weighted by Crippen LogP contribution is -2.60. The minimum absolute atomic E-state index is 0.0228. The number of aliphatic hydroxyl groups excluding tert-OH is 2. The number of amides is 1. The fraction of sp³-hybridized carbons (Fsp3) is 0.600. The number of hydrogen-bond acceptors (Lipinski definition) is 6. The molecule has 0 aliphatic carbocycles. The van der Waals surface area contributed by atoms with Gasteiger partial charge in [-0.2, -0.15) is 0 Å². The van der Waals surface area contributed by atoms with E-state index in [9.17, 15) is 14.7 Å². The number of thioether (sulfide) groups is 2. The minimum atomic E-state index is -1.15. The average Bonchev–Trinajstić information content (AvgIpc) is 2.60. The van der Waals surface area contributed by atoms with Crippen LogP contribution in [0.15, 0.2) is 9.93 Å². The second-order valence-electron chi connectivity index (χ2n) is 4.00. The first-order valence-corrected chi connectivity index (χ1v) is 7.24. The number of aliphatic hydroxyl groups is 2. The van der Waals surface area contributed by atoms with E-state index in [-0.39, 0.29) is 23.6 Å². The number of carbonyl (C=O) groups is 2. The van der Waals surface area contributed by atoms with Gasteiger partial charge in [0.25, 0.3) is 0 Å². The van der Waals surface area contributed by atoms with Crippen LogP contribution in [-0.4, -0.2) is 55.9 Å². The van der Waals surface area contributed by atoms with Crippen molar-refractivity contribution in [3.05, 3.63) is 9.93 Å². The largest absolute Gasteiger partial charge is 0.477 e. The lowest BCUT2D eigenvalue weighted by molar-refractivity contribution is -0.156. The molecule has 2 rings (SSSR count). The number of carboxylic acid groups (broad SMARTS) is 1. The van der Waals surface area contributed by atoms with Gasteiger partial charge < -0.3 is 15.3 Å². The number of nitrogens with zero attached hydrogens (tertiary/aromatic N) is 1. The van der Waals surface area contributed by atoms with E-state index in [0.717, 1.165) is 0 Å². The Morgan fingerprint density at radius 2 is 2.28 bits per heavy atom. The summed E-state index contributed by atoms with van der Waals surface area (Å²) in [5.74, 6) is -1.66. The first kappa shape index (κ1) is 13.7. The molecular weight excluding hydrogens is 278 g/mol. The van der Waals surface area contributed by atoms with Crippen LogP contribution in [0.3, 0.4) is 0 Å². The number of β-lactam (4-membered cyclic amide) rings is 1. The monoisotopic (exact) mass is 291 g/mol. The number of carbonyl (C=O) groups excluding carboxylic acids is 1. The van der Waals surface area contributed by atoms with Crippen LogP contribution in [0.25, 0.3) is 0 Å². The van der Waals surface area contributed by atoms with Crippen LogP contribution >= 0.6 is 23.5 Å². The predicted molar refractivity (Wildman–Crippen MR) is 67.6 cm³/mol. The Bertz CT molecular complexity index is 422. The molecule has 8 heteroatoms. The van der Waals surface area contributed by atoms with Gasteiger partial charge in [0.2, 0.25) is 5.91 Å². The molecule has 0 aromatic carbocycles. The summed E-state index contributed by atoms with van der Waals surface area (Å²) in [6.45, 7) is 1.47. The topological polar surface area (TPSA) is 98.1 Å². The Morgan fingerprint density at radius 3 is 2.78 bits per heavy atom. The van der Waals surface area contributed by atoms with E-state index in [2.05, 4.69) is 0 Å². The molecule has 1 unspecified atom stereocenters. The summed E-state index contributed by atoms with van der Waals surface area (Å²) in [5.41, 5.74) is -0.0228. The lowest BCUT2D eigenvalue weighted by Gasteiger charge is -2.43. The molecule has 1 amide bonds. The summed E-state index contributed by atoms with van der Waals surface area (Å²) in [6, 6.07) is 0. The highest BCUT2D eigenvalue weighted by Crippen LogP contribution is 2.53. The van der Waals surface area contributed by atoms with Gasteiger partial charge in [-0.3, -0.25) is 9.69 Å². The smallest absolute Gasteiger partial charge is 0.354 e. The van der Waals surface area contributed by atoms with Gasteiger partial charge in [0.05, 0.1) is 22.9 Å². The zero-order chi connectivity index (χ0) is 13.4. The SMILES string of the molecule is CC(O)[C@H]1C(=O)N2C(C(=O)O)=C(SCCO)S[C@H]12. The maximum atomic E-state index is 11.8. The van der Waals surface area contributed by atoms with E-state index in [1.165, 1.54) is 35.3 Å². The van der Waals surface area contributed by atoms with Crippen molar-refractivity contribution in [3.8, 4) is 0 Å². The van der Waals surface area contributed by atoms with Crippen LogP contribution in [0.5, 0.6) is 0 Å². The Kier molecular flexibility index (Phi) is 3.90. The molecule has 6 nitrogen and oxygen atoms in total. The summed E-state index contributed by atoms with van der Waals surface area (Å²) in [6.07, 6.45) is -0.788. The second kappa shape index (κ2) is 5.12. The first-order chi connectivity index (χ1) is 8.49. The molecule has 0 spiro atoms. The number of hydrogen-bond donors (Lipinski definition) is 3. The van der Waals surface area contributed by atoms with E-state index in [1.54, 1.807) is 0 Å². The normalized spacial score (nSPS) is 28.2. The molecule has 18 heavy (non-hydrogen) atoms. The zero-order valence-electron chi connectivity index (χ0n) is 9.57. The van der Waals surface area contributed by atoms with E-state index in [4.69, 9.17) is 10.2 Å². The van der Waals surface area contributed by atoms with Crippen LogP contribution in [0.1, 0.15) is 6.92 Å². The summed E-state index contributed by atoms with van der Waals surface area (Å²) in [4.78, 5) is 24.2. The van der Waals surface area contributed by atoms with Crippen molar-refractivity contribution in [3.63, 3.8) is 0 Å². The number of fused-ring (bicyclic) bond motifs is 1. The van der Waals surface area contributed by atoms with Gasteiger partial charge in [-0.15, -0.1) is 11.8 Å². The maximum absolute atomic E-state index is 11.8. The maximum Gasteiger partial charge on any atom is 0.354 e. The Hall–Kier alpha value is -0.700. The van der Waals surface area contributed by atoms with Crippen LogP contribution in [-0.2, 0) is 9.59 Å². The van der Waals surface area contributed by atoms with Crippen molar-refractivity contribution >= 4 is 35.4 Å². The van der Waals surface area contributed by atoms with Gasteiger partial charge >= 0.3 is 5.97 Å².